The highest BCUT2D eigenvalue weighted by Crippen LogP contribution is 2.37. The Balaban J connectivity index is 2.04. The molecule has 0 aromatic carbocycles. The summed E-state index contributed by atoms with van der Waals surface area (Å²) in [6, 6.07) is 0. The second-order valence-electron chi connectivity index (χ2n) is 5.04. The third-order valence-electron chi connectivity index (χ3n) is 3.66. The van der Waals surface area contributed by atoms with Crippen LogP contribution in [0.5, 0.6) is 0 Å². The zero-order valence-electron chi connectivity index (χ0n) is 11.9. The van der Waals surface area contributed by atoms with Crippen LogP contribution in [0.3, 0.4) is 0 Å². The number of aliphatic hydroxyl groups is 2. The van der Waals surface area contributed by atoms with Gasteiger partial charge in [0.05, 0.1) is 12.9 Å². The maximum atomic E-state index is 10.2. The van der Waals surface area contributed by atoms with Crippen molar-refractivity contribution in [2.24, 2.45) is 0 Å². The Morgan fingerprint density at radius 1 is 1.50 bits per heavy atom. The van der Waals surface area contributed by atoms with E-state index < -0.39 is 24.5 Å². The lowest BCUT2D eigenvalue weighted by molar-refractivity contribution is -0.0892. The molecule has 1 saturated heterocycles. The standard InChI is InChI=1S/C13H16N6O3/c1-2-3-13(5-20)7(21)4-8(22-13)19-6-16-9-10(14)17-12(15)18-11(9)19/h6-8,20-21H,4-5H2,1H3,(H4,14,15,17,18)/t7-,8?,13+/m0/s1. The summed E-state index contributed by atoms with van der Waals surface area (Å²) in [6.45, 7) is 1.19. The van der Waals surface area contributed by atoms with Crippen molar-refractivity contribution >= 4 is 22.9 Å². The maximum Gasteiger partial charge on any atom is 0.224 e. The molecule has 0 radical (unpaired) electrons. The van der Waals surface area contributed by atoms with Gasteiger partial charge in [-0.2, -0.15) is 9.97 Å². The molecule has 0 spiro atoms. The molecule has 0 amide bonds. The van der Waals surface area contributed by atoms with E-state index in [1.807, 2.05) is 0 Å². The number of imidazole rings is 1. The first-order valence-corrected chi connectivity index (χ1v) is 6.67. The summed E-state index contributed by atoms with van der Waals surface area (Å²) < 4.78 is 7.39. The maximum absolute atomic E-state index is 10.2. The van der Waals surface area contributed by atoms with Crippen molar-refractivity contribution in [2.45, 2.75) is 31.3 Å². The summed E-state index contributed by atoms with van der Waals surface area (Å²) in [7, 11) is 0. The van der Waals surface area contributed by atoms with Gasteiger partial charge in [-0.1, -0.05) is 5.92 Å². The minimum atomic E-state index is -1.32. The number of nitrogens with zero attached hydrogens (tertiary/aromatic N) is 4. The van der Waals surface area contributed by atoms with E-state index in [4.69, 9.17) is 16.2 Å². The number of nitrogens with two attached hydrogens (primary N) is 2. The van der Waals surface area contributed by atoms with Crippen LogP contribution >= 0.6 is 0 Å². The number of anilines is 2. The number of hydrogen-bond donors (Lipinski definition) is 4. The Labute approximate surface area is 125 Å². The molecule has 2 aromatic rings. The molecule has 1 unspecified atom stereocenters. The number of rotatable bonds is 2. The van der Waals surface area contributed by atoms with Crippen LogP contribution < -0.4 is 11.5 Å². The van der Waals surface area contributed by atoms with Crippen molar-refractivity contribution in [2.75, 3.05) is 18.1 Å². The van der Waals surface area contributed by atoms with Crippen LogP contribution in [0.1, 0.15) is 19.6 Å². The van der Waals surface area contributed by atoms with Crippen LogP contribution in [0, 0.1) is 11.8 Å². The van der Waals surface area contributed by atoms with Gasteiger partial charge in [-0.15, -0.1) is 5.92 Å². The summed E-state index contributed by atoms with van der Waals surface area (Å²) in [5.74, 6) is 5.59. The molecule has 1 aliphatic rings. The lowest BCUT2D eigenvalue weighted by Gasteiger charge is -2.24. The van der Waals surface area contributed by atoms with Crippen LogP contribution in [-0.2, 0) is 4.74 Å². The number of fused-ring (bicyclic) bond motifs is 1. The molecule has 0 aliphatic carbocycles. The summed E-state index contributed by atoms with van der Waals surface area (Å²) in [5, 5.41) is 19.8. The van der Waals surface area contributed by atoms with E-state index >= 15 is 0 Å². The lowest BCUT2D eigenvalue weighted by atomic mass is 9.98. The Morgan fingerprint density at radius 2 is 2.27 bits per heavy atom. The SMILES string of the molecule is CC#C[C@]1(CO)OC(n2cnc3c(N)nc(N)nc32)C[C@@H]1O. The lowest BCUT2D eigenvalue weighted by Crippen LogP contribution is -2.41. The molecule has 1 fully saturated rings. The summed E-state index contributed by atoms with van der Waals surface area (Å²) in [5.41, 5.74) is 10.9. The molecule has 116 valence electrons. The molecule has 2 aromatic heterocycles. The van der Waals surface area contributed by atoms with Gasteiger partial charge in [0.15, 0.2) is 17.1 Å². The second-order valence-corrected chi connectivity index (χ2v) is 5.04. The molecule has 6 N–H and O–H groups in total. The van der Waals surface area contributed by atoms with E-state index in [1.54, 1.807) is 11.5 Å². The molecule has 22 heavy (non-hydrogen) atoms. The van der Waals surface area contributed by atoms with Crippen LogP contribution in [-0.4, -0.2) is 48.0 Å². The van der Waals surface area contributed by atoms with Gasteiger partial charge < -0.3 is 26.4 Å². The van der Waals surface area contributed by atoms with Crippen LogP contribution in [0.2, 0.25) is 0 Å². The molecule has 0 saturated carbocycles. The summed E-state index contributed by atoms with van der Waals surface area (Å²) >= 11 is 0. The van der Waals surface area contributed by atoms with Crippen LogP contribution in [0.4, 0.5) is 11.8 Å². The third-order valence-corrected chi connectivity index (χ3v) is 3.66. The number of aromatic nitrogens is 4. The molecule has 3 heterocycles. The van der Waals surface area contributed by atoms with E-state index in [9.17, 15) is 10.2 Å². The first-order valence-electron chi connectivity index (χ1n) is 6.67. The van der Waals surface area contributed by atoms with E-state index in [1.165, 1.54) is 6.33 Å². The van der Waals surface area contributed by atoms with Gasteiger partial charge in [0.2, 0.25) is 5.95 Å². The fourth-order valence-corrected chi connectivity index (χ4v) is 2.59. The quantitative estimate of drug-likeness (QED) is 0.518. The van der Waals surface area contributed by atoms with Crippen LogP contribution in [0.25, 0.3) is 11.2 Å². The number of ether oxygens (including phenoxy) is 1. The largest absolute Gasteiger partial charge is 0.392 e. The minimum Gasteiger partial charge on any atom is -0.392 e. The van der Waals surface area contributed by atoms with E-state index in [-0.39, 0.29) is 18.2 Å². The first-order chi connectivity index (χ1) is 10.5. The zero-order chi connectivity index (χ0) is 15.9. The average Bonchev–Trinajstić information content (AvgIpc) is 3.02. The van der Waals surface area contributed by atoms with Gasteiger partial charge in [-0.05, 0) is 6.92 Å². The highest BCUT2D eigenvalue weighted by Gasteiger charge is 2.48. The molecule has 9 nitrogen and oxygen atoms in total. The predicted molar refractivity (Wildman–Crippen MR) is 78.2 cm³/mol. The fraction of sp³-hybridized carbons (Fsp3) is 0.462. The molecule has 3 atom stereocenters. The van der Waals surface area contributed by atoms with Gasteiger partial charge >= 0.3 is 0 Å². The fourth-order valence-electron chi connectivity index (χ4n) is 2.59. The van der Waals surface area contributed by atoms with E-state index in [0.717, 1.165) is 0 Å². The monoisotopic (exact) mass is 304 g/mol. The Bertz CT molecular complexity index is 779. The van der Waals surface area contributed by atoms with Crippen molar-refractivity contribution in [3.63, 3.8) is 0 Å². The van der Waals surface area contributed by atoms with Crippen molar-refractivity contribution in [1.29, 1.82) is 0 Å². The topological polar surface area (TPSA) is 145 Å². The van der Waals surface area contributed by atoms with Gasteiger partial charge in [-0.3, -0.25) is 4.57 Å². The number of nitrogen functional groups attached to an aromatic ring is 2. The van der Waals surface area contributed by atoms with Crippen molar-refractivity contribution in [3.05, 3.63) is 6.33 Å². The summed E-state index contributed by atoms with van der Waals surface area (Å²) in [6.07, 6.45) is 0.176. The third kappa shape index (κ3) is 2.05. The highest BCUT2D eigenvalue weighted by molar-refractivity contribution is 5.82. The zero-order valence-corrected chi connectivity index (χ0v) is 11.9. The Hall–Kier alpha value is -2.41. The highest BCUT2D eigenvalue weighted by atomic mass is 16.6. The smallest absolute Gasteiger partial charge is 0.224 e. The molecule has 1 aliphatic heterocycles. The first kappa shape index (κ1) is 14.5. The Morgan fingerprint density at radius 3 is 2.95 bits per heavy atom. The van der Waals surface area contributed by atoms with Gasteiger partial charge in [-0.25, -0.2) is 4.98 Å². The molecule has 9 heteroatoms. The number of hydrogen-bond acceptors (Lipinski definition) is 8. The predicted octanol–water partition coefficient (Wildman–Crippen LogP) is -0.975. The van der Waals surface area contributed by atoms with Gasteiger partial charge in [0.25, 0.3) is 0 Å². The van der Waals surface area contributed by atoms with Gasteiger partial charge in [0, 0.05) is 6.42 Å². The minimum absolute atomic E-state index is 0.0204. The molecule has 3 rings (SSSR count). The molecular weight excluding hydrogens is 288 g/mol. The second kappa shape index (κ2) is 5.10. The Kier molecular flexibility index (Phi) is 3.37. The normalized spacial score (nSPS) is 27.8. The summed E-state index contributed by atoms with van der Waals surface area (Å²) in [4.78, 5) is 12.1. The molecular formula is C13H16N6O3. The van der Waals surface area contributed by atoms with Crippen molar-refractivity contribution in [1.82, 2.24) is 19.5 Å². The van der Waals surface area contributed by atoms with Gasteiger partial charge in [0.1, 0.15) is 17.8 Å². The van der Waals surface area contributed by atoms with Crippen LogP contribution in [0.15, 0.2) is 6.33 Å². The van der Waals surface area contributed by atoms with Crippen molar-refractivity contribution in [3.8, 4) is 11.8 Å². The van der Waals surface area contributed by atoms with E-state index in [0.29, 0.717) is 11.2 Å². The number of aliphatic hydroxyl groups excluding tert-OH is 2. The molecule has 0 bridgehead atoms. The van der Waals surface area contributed by atoms with Crippen molar-refractivity contribution < 1.29 is 14.9 Å². The van der Waals surface area contributed by atoms with E-state index in [2.05, 4.69) is 26.8 Å². The average molecular weight is 304 g/mol.